The molecule has 6 rings (SSSR count). The van der Waals surface area contributed by atoms with E-state index in [4.69, 9.17) is 9.97 Å². The average Bonchev–Trinajstić information content (AvgIpc) is 3.56. The number of rotatable bonds is 7. The van der Waals surface area contributed by atoms with Crippen LogP contribution in [0.1, 0.15) is 26.2 Å². The van der Waals surface area contributed by atoms with Crippen LogP contribution in [-0.2, 0) is 4.79 Å². The largest absolute Gasteiger partial charge is 0.325 e. The normalized spacial score (nSPS) is 11.3. The number of hydrogen-bond donors (Lipinski definition) is 3. The van der Waals surface area contributed by atoms with Crippen LogP contribution in [0, 0.1) is 0 Å². The molecular formula is C27H23N9O. The van der Waals surface area contributed by atoms with Crippen molar-refractivity contribution >= 4 is 33.8 Å². The molecule has 1 amide bonds. The fourth-order valence-electron chi connectivity index (χ4n) is 4.19. The summed E-state index contributed by atoms with van der Waals surface area (Å²) in [6, 6.07) is 13.3. The number of anilines is 1. The van der Waals surface area contributed by atoms with E-state index in [1.54, 1.807) is 24.8 Å². The number of fused-ring (bicyclic) bond motifs is 2. The molecule has 10 nitrogen and oxygen atoms in total. The fourth-order valence-corrected chi connectivity index (χ4v) is 4.19. The molecule has 0 saturated carbocycles. The first-order chi connectivity index (χ1) is 18.2. The van der Waals surface area contributed by atoms with Crippen molar-refractivity contribution in [1.29, 1.82) is 0 Å². The summed E-state index contributed by atoms with van der Waals surface area (Å²) in [5.41, 5.74) is 7.18. The quantitative estimate of drug-likeness (QED) is 0.282. The van der Waals surface area contributed by atoms with Crippen LogP contribution >= 0.6 is 0 Å². The second-order valence-corrected chi connectivity index (χ2v) is 8.64. The predicted octanol–water partition coefficient (Wildman–Crippen LogP) is 5.15. The van der Waals surface area contributed by atoms with Gasteiger partial charge >= 0.3 is 0 Å². The standard InChI is InChI=1S/C27H23N9O/c1-2-3-7-22(37)31-17-13-16(14-28-15-17)19-8-9-21-24(32-19)25(36-35-21)27-33-23-18(10-12-30-26(23)34-27)20-6-4-5-11-29-20/h4-6,8-15H,2-3,7H2,1H3,(H,31,37)(H,35,36)(H,30,33,34). The highest BCUT2D eigenvalue weighted by molar-refractivity contribution is 5.95. The van der Waals surface area contributed by atoms with Crippen LogP contribution in [0.2, 0.25) is 0 Å². The minimum atomic E-state index is -0.0232. The molecule has 37 heavy (non-hydrogen) atoms. The van der Waals surface area contributed by atoms with Gasteiger partial charge in [-0.3, -0.25) is 19.9 Å². The summed E-state index contributed by atoms with van der Waals surface area (Å²) in [5.74, 6) is 0.529. The third-order valence-electron chi connectivity index (χ3n) is 6.03. The lowest BCUT2D eigenvalue weighted by molar-refractivity contribution is -0.116. The Morgan fingerprint density at radius 3 is 2.78 bits per heavy atom. The van der Waals surface area contributed by atoms with Crippen LogP contribution in [0.15, 0.2) is 67.3 Å². The van der Waals surface area contributed by atoms with Gasteiger partial charge in [-0.1, -0.05) is 19.4 Å². The summed E-state index contributed by atoms with van der Waals surface area (Å²) in [4.78, 5) is 38.3. The lowest BCUT2D eigenvalue weighted by Gasteiger charge is -2.07. The Labute approximate surface area is 211 Å². The minimum absolute atomic E-state index is 0.0232. The Hall–Kier alpha value is -4.99. The van der Waals surface area contributed by atoms with E-state index in [2.05, 4.69) is 42.4 Å². The maximum absolute atomic E-state index is 12.2. The van der Waals surface area contributed by atoms with Crippen LogP contribution in [-0.4, -0.2) is 46.0 Å². The molecule has 0 unspecified atom stereocenters. The van der Waals surface area contributed by atoms with Crippen molar-refractivity contribution in [1.82, 2.24) is 40.1 Å². The smallest absolute Gasteiger partial charge is 0.224 e. The van der Waals surface area contributed by atoms with Gasteiger partial charge in [-0.25, -0.2) is 15.0 Å². The van der Waals surface area contributed by atoms with Gasteiger partial charge in [0.2, 0.25) is 5.91 Å². The van der Waals surface area contributed by atoms with E-state index in [0.717, 1.165) is 35.2 Å². The second-order valence-electron chi connectivity index (χ2n) is 8.64. The summed E-state index contributed by atoms with van der Waals surface area (Å²) in [5, 5.41) is 10.4. The van der Waals surface area contributed by atoms with Crippen LogP contribution in [0.25, 0.3) is 56.2 Å². The molecule has 0 spiro atoms. The Kier molecular flexibility index (Phi) is 5.81. The van der Waals surface area contributed by atoms with Gasteiger partial charge in [0.05, 0.1) is 28.8 Å². The van der Waals surface area contributed by atoms with Crippen molar-refractivity contribution in [2.24, 2.45) is 0 Å². The number of nitrogens with one attached hydrogen (secondary N) is 3. The van der Waals surface area contributed by atoms with E-state index in [9.17, 15) is 4.79 Å². The minimum Gasteiger partial charge on any atom is -0.325 e. The number of carbonyl (C=O) groups excluding carboxylic acids is 1. The lowest BCUT2D eigenvalue weighted by Crippen LogP contribution is -2.11. The first kappa shape index (κ1) is 22.5. The van der Waals surface area contributed by atoms with Crippen molar-refractivity contribution < 1.29 is 4.79 Å². The summed E-state index contributed by atoms with van der Waals surface area (Å²) in [6.45, 7) is 2.06. The zero-order chi connectivity index (χ0) is 25.2. The van der Waals surface area contributed by atoms with Gasteiger partial charge in [0.25, 0.3) is 0 Å². The first-order valence-electron chi connectivity index (χ1n) is 12.1. The molecule has 182 valence electrons. The number of aromatic amines is 2. The summed E-state index contributed by atoms with van der Waals surface area (Å²) in [6.07, 6.45) is 9.14. The van der Waals surface area contributed by atoms with Crippen molar-refractivity contribution in [3.63, 3.8) is 0 Å². The number of amides is 1. The van der Waals surface area contributed by atoms with E-state index >= 15 is 0 Å². The van der Waals surface area contributed by atoms with Gasteiger partial charge in [0.1, 0.15) is 11.0 Å². The zero-order valence-corrected chi connectivity index (χ0v) is 20.1. The van der Waals surface area contributed by atoms with Crippen LogP contribution in [0.4, 0.5) is 5.69 Å². The highest BCUT2D eigenvalue weighted by Crippen LogP contribution is 2.30. The van der Waals surface area contributed by atoms with E-state index in [1.807, 2.05) is 42.5 Å². The van der Waals surface area contributed by atoms with Gasteiger partial charge in [-0.05, 0) is 42.8 Å². The van der Waals surface area contributed by atoms with Gasteiger partial charge in [-0.15, -0.1) is 0 Å². The first-order valence-corrected chi connectivity index (χ1v) is 12.1. The topological polar surface area (TPSA) is 138 Å². The Balaban J connectivity index is 1.37. The fraction of sp³-hybridized carbons (Fsp3) is 0.148. The molecule has 6 aromatic heterocycles. The summed E-state index contributed by atoms with van der Waals surface area (Å²) < 4.78 is 0. The molecule has 0 fully saturated rings. The molecule has 0 atom stereocenters. The molecule has 0 radical (unpaired) electrons. The van der Waals surface area contributed by atoms with Crippen molar-refractivity contribution in [2.75, 3.05) is 5.32 Å². The Morgan fingerprint density at radius 2 is 1.92 bits per heavy atom. The van der Waals surface area contributed by atoms with Crippen LogP contribution in [0.5, 0.6) is 0 Å². The SMILES string of the molecule is CCCCC(=O)Nc1cncc(-c2ccc3[nH]nc(-c4nc5c(-c6ccccn6)ccnc5[nH]4)c3n2)c1. The molecular weight excluding hydrogens is 466 g/mol. The molecule has 10 heteroatoms. The van der Waals surface area contributed by atoms with Gasteiger partial charge in [0.15, 0.2) is 17.2 Å². The molecule has 6 aromatic rings. The number of nitrogens with zero attached hydrogens (tertiary/aromatic N) is 6. The molecule has 0 aromatic carbocycles. The van der Waals surface area contributed by atoms with Crippen molar-refractivity contribution in [3.8, 4) is 34.0 Å². The number of carbonyl (C=O) groups is 1. The highest BCUT2D eigenvalue weighted by Gasteiger charge is 2.18. The summed E-state index contributed by atoms with van der Waals surface area (Å²) in [7, 11) is 0. The number of pyridine rings is 4. The highest BCUT2D eigenvalue weighted by atomic mass is 16.1. The van der Waals surface area contributed by atoms with E-state index in [0.29, 0.717) is 46.0 Å². The average molecular weight is 490 g/mol. The maximum atomic E-state index is 12.2. The van der Waals surface area contributed by atoms with Gasteiger partial charge in [0, 0.05) is 36.1 Å². The predicted molar refractivity (Wildman–Crippen MR) is 141 cm³/mol. The molecule has 3 N–H and O–H groups in total. The van der Waals surface area contributed by atoms with Gasteiger partial charge in [-0.2, -0.15) is 5.10 Å². The zero-order valence-electron chi connectivity index (χ0n) is 20.1. The summed E-state index contributed by atoms with van der Waals surface area (Å²) >= 11 is 0. The number of H-pyrrole nitrogens is 2. The maximum Gasteiger partial charge on any atom is 0.224 e. The Morgan fingerprint density at radius 1 is 0.973 bits per heavy atom. The van der Waals surface area contributed by atoms with Crippen LogP contribution in [0.3, 0.4) is 0 Å². The third kappa shape index (κ3) is 4.40. The molecule has 0 bridgehead atoms. The van der Waals surface area contributed by atoms with Crippen molar-refractivity contribution in [3.05, 3.63) is 67.3 Å². The van der Waals surface area contributed by atoms with Gasteiger partial charge < -0.3 is 10.3 Å². The molecule has 0 saturated heterocycles. The lowest BCUT2D eigenvalue weighted by atomic mass is 10.1. The van der Waals surface area contributed by atoms with Crippen LogP contribution < -0.4 is 5.32 Å². The van der Waals surface area contributed by atoms with E-state index in [1.165, 1.54) is 0 Å². The third-order valence-corrected chi connectivity index (χ3v) is 6.03. The molecule has 0 aliphatic carbocycles. The second kappa shape index (κ2) is 9.57. The molecule has 0 aliphatic heterocycles. The monoisotopic (exact) mass is 489 g/mol. The molecule has 0 aliphatic rings. The van der Waals surface area contributed by atoms with Crippen molar-refractivity contribution in [2.45, 2.75) is 26.2 Å². The number of imidazole rings is 1. The Bertz CT molecular complexity index is 1720. The number of hydrogen-bond acceptors (Lipinski definition) is 7. The number of aromatic nitrogens is 8. The van der Waals surface area contributed by atoms with E-state index in [-0.39, 0.29) is 5.91 Å². The molecule has 6 heterocycles. The number of unbranched alkanes of at least 4 members (excludes halogenated alkanes) is 1. The van der Waals surface area contributed by atoms with E-state index < -0.39 is 0 Å².